The maximum absolute atomic E-state index is 11.6. The maximum atomic E-state index is 11.6. The summed E-state index contributed by atoms with van der Waals surface area (Å²) in [4.78, 5) is 22.7. The smallest absolute Gasteiger partial charge is 0.326 e. The van der Waals surface area contributed by atoms with Crippen LogP contribution in [-0.2, 0) is 9.59 Å². The number of carbonyl (C=O) groups excluding carboxylic acids is 1. The maximum Gasteiger partial charge on any atom is 0.326 e. The van der Waals surface area contributed by atoms with Crippen molar-refractivity contribution in [2.75, 3.05) is 6.54 Å². The van der Waals surface area contributed by atoms with Gasteiger partial charge in [0.1, 0.15) is 6.04 Å². The number of aliphatic carboxylic acids is 1. The highest BCUT2D eigenvalue weighted by atomic mass is 16.4. The van der Waals surface area contributed by atoms with E-state index in [-0.39, 0.29) is 5.91 Å². The van der Waals surface area contributed by atoms with Gasteiger partial charge in [0.25, 0.3) is 0 Å². The number of hydrogen-bond acceptors (Lipinski definition) is 3. The van der Waals surface area contributed by atoms with E-state index in [9.17, 15) is 9.59 Å². The third-order valence-corrected chi connectivity index (χ3v) is 2.55. The fourth-order valence-electron chi connectivity index (χ4n) is 1.52. The summed E-state index contributed by atoms with van der Waals surface area (Å²) in [5, 5.41) is 14.9. The first kappa shape index (κ1) is 16.9. The van der Waals surface area contributed by atoms with Crippen molar-refractivity contribution in [2.45, 2.75) is 59.5 Å². The Morgan fingerprint density at radius 3 is 2.17 bits per heavy atom. The molecule has 3 N–H and O–H groups in total. The Morgan fingerprint density at radius 2 is 1.78 bits per heavy atom. The Labute approximate surface area is 109 Å². The molecule has 0 aromatic carbocycles. The van der Waals surface area contributed by atoms with Crippen molar-refractivity contribution in [3.63, 3.8) is 0 Å². The Bertz CT molecular complexity index is 282. The van der Waals surface area contributed by atoms with Gasteiger partial charge in [-0.15, -0.1) is 0 Å². The molecule has 0 saturated carbocycles. The summed E-state index contributed by atoms with van der Waals surface area (Å²) in [6.45, 7) is 10.2. The lowest BCUT2D eigenvalue weighted by atomic mass is 9.86. The molecule has 0 aromatic heterocycles. The van der Waals surface area contributed by atoms with E-state index < -0.39 is 17.4 Å². The largest absolute Gasteiger partial charge is 0.480 e. The van der Waals surface area contributed by atoms with Crippen molar-refractivity contribution < 1.29 is 14.7 Å². The van der Waals surface area contributed by atoms with Crippen molar-refractivity contribution in [2.24, 2.45) is 5.41 Å². The van der Waals surface area contributed by atoms with Crippen molar-refractivity contribution in [1.29, 1.82) is 0 Å². The van der Waals surface area contributed by atoms with E-state index in [1.54, 1.807) is 20.8 Å². The molecule has 18 heavy (non-hydrogen) atoms. The first-order valence-corrected chi connectivity index (χ1v) is 6.40. The van der Waals surface area contributed by atoms with Crippen LogP contribution in [0.15, 0.2) is 0 Å². The predicted molar refractivity (Wildman–Crippen MR) is 71.4 cm³/mol. The van der Waals surface area contributed by atoms with Crippen LogP contribution in [0, 0.1) is 5.41 Å². The SMILES string of the molecule is CC(C)NCCCC(=O)N[C@H](C(=O)O)C(C)(C)C. The molecular formula is C13H26N2O3. The van der Waals surface area contributed by atoms with E-state index in [1.807, 2.05) is 13.8 Å². The van der Waals surface area contributed by atoms with Crippen LogP contribution in [0.3, 0.4) is 0 Å². The van der Waals surface area contributed by atoms with Gasteiger partial charge in [-0.3, -0.25) is 4.79 Å². The van der Waals surface area contributed by atoms with Crippen LogP contribution in [0.5, 0.6) is 0 Å². The lowest BCUT2D eigenvalue weighted by Crippen LogP contribution is -2.49. The van der Waals surface area contributed by atoms with Crippen LogP contribution in [0.25, 0.3) is 0 Å². The average Bonchev–Trinajstić information content (AvgIpc) is 2.18. The lowest BCUT2D eigenvalue weighted by Gasteiger charge is -2.27. The van der Waals surface area contributed by atoms with Crippen LogP contribution in [0.4, 0.5) is 0 Å². The molecule has 0 aliphatic heterocycles. The zero-order valence-electron chi connectivity index (χ0n) is 12.0. The second-order valence-corrected chi connectivity index (χ2v) is 5.92. The summed E-state index contributed by atoms with van der Waals surface area (Å²) in [7, 11) is 0. The van der Waals surface area contributed by atoms with Gasteiger partial charge in [-0.1, -0.05) is 34.6 Å². The highest BCUT2D eigenvalue weighted by Crippen LogP contribution is 2.19. The summed E-state index contributed by atoms with van der Waals surface area (Å²) in [5.74, 6) is -1.20. The molecule has 106 valence electrons. The molecule has 5 nitrogen and oxygen atoms in total. The highest BCUT2D eigenvalue weighted by molar-refractivity contribution is 5.84. The molecule has 1 amide bonds. The number of carboxylic acids is 1. The minimum atomic E-state index is -0.990. The number of rotatable bonds is 7. The minimum absolute atomic E-state index is 0.206. The third kappa shape index (κ3) is 7.27. The van der Waals surface area contributed by atoms with Crippen molar-refractivity contribution in [3.05, 3.63) is 0 Å². The molecule has 0 fully saturated rings. The van der Waals surface area contributed by atoms with E-state index in [4.69, 9.17) is 5.11 Å². The second kappa shape index (κ2) is 7.36. The number of nitrogens with one attached hydrogen (secondary N) is 2. The van der Waals surface area contributed by atoms with Crippen LogP contribution >= 0.6 is 0 Å². The molecule has 0 heterocycles. The normalized spacial score (nSPS) is 13.4. The highest BCUT2D eigenvalue weighted by Gasteiger charge is 2.32. The van der Waals surface area contributed by atoms with Crippen molar-refractivity contribution >= 4 is 11.9 Å². The van der Waals surface area contributed by atoms with Gasteiger partial charge in [-0.25, -0.2) is 4.79 Å². The second-order valence-electron chi connectivity index (χ2n) is 5.92. The third-order valence-electron chi connectivity index (χ3n) is 2.55. The summed E-state index contributed by atoms with van der Waals surface area (Å²) < 4.78 is 0. The first-order valence-electron chi connectivity index (χ1n) is 6.40. The van der Waals surface area contributed by atoms with Gasteiger partial charge in [0.05, 0.1) is 0 Å². The Morgan fingerprint density at radius 1 is 1.22 bits per heavy atom. The van der Waals surface area contributed by atoms with Gasteiger partial charge in [0.2, 0.25) is 5.91 Å². The summed E-state index contributed by atoms with van der Waals surface area (Å²) >= 11 is 0. The molecule has 1 atom stereocenters. The van der Waals surface area contributed by atoms with E-state index >= 15 is 0 Å². The summed E-state index contributed by atoms with van der Waals surface area (Å²) in [5.41, 5.74) is -0.488. The molecule has 0 unspecified atom stereocenters. The molecule has 0 aromatic rings. The Kier molecular flexibility index (Phi) is 6.91. The minimum Gasteiger partial charge on any atom is -0.480 e. The Balaban J connectivity index is 4.09. The van der Waals surface area contributed by atoms with Gasteiger partial charge in [-0.2, -0.15) is 0 Å². The van der Waals surface area contributed by atoms with Gasteiger partial charge in [0, 0.05) is 12.5 Å². The average molecular weight is 258 g/mol. The quantitative estimate of drug-likeness (QED) is 0.603. The van der Waals surface area contributed by atoms with Crippen LogP contribution in [0.2, 0.25) is 0 Å². The monoisotopic (exact) mass is 258 g/mol. The van der Waals surface area contributed by atoms with Crippen LogP contribution in [0.1, 0.15) is 47.5 Å². The van der Waals surface area contributed by atoms with Crippen molar-refractivity contribution in [3.8, 4) is 0 Å². The number of hydrogen-bond donors (Lipinski definition) is 3. The predicted octanol–water partition coefficient (Wildman–Crippen LogP) is 1.38. The molecule has 0 aliphatic rings. The lowest BCUT2D eigenvalue weighted by molar-refractivity contribution is -0.144. The zero-order chi connectivity index (χ0) is 14.3. The zero-order valence-corrected chi connectivity index (χ0v) is 12.0. The molecule has 0 spiro atoms. The standard InChI is InChI=1S/C13H26N2O3/c1-9(2)14-8-6-7-10(16)15-11(12(17)18)13(3,4)5/h9,11,14H,6-8H2,1-5H3,(H,15,16)(H,17,18)/t11-/m1/s1. The number of carboxylic acid groups (broad SMARTS) is 1. The van der Waals surface area contributed by atoms with Gasteiger partial charge in [0.15, 0.2) is 0 Å². The van der Waals surface area contributed by atoms with E-state index in [0.29, 0.717) is 18.9 Å². The van der Waals surface area contributed by atoms with E-state index in [0.717, 1.165) is 6.54 Å². The van der Waals surface area contributed by atoms with Crippen LogP contribution < -0.4 is 10.6 Å². The molecule has 0 saturated heterocycles. The number of amides is 1. The molecule has 0 aliphatic carbocycles. The van der Waals surface area contributed by atoms with Crippen molar-refractivity contribution in [1.82, 2.24) is 10.6 Å². The van der Waals surface area contributed by atoms with E-state index in [2.05, 4.69) is 10.6 Å². The molecular weight excluding hydrogens is 232 g/mol. The Hall–Kier alpha value is -1.10. The molecule has 0 bridgehead atoms. The molecule has 5 heteroatoms. The fraction of sp³-hybridized carbons (Fsp3) is 0.846. The molecule has 0 rings (SSSR count). The van der Waals surface area contributed by atoms with Gasteiger partial charge < -0.3 is 15.7 Å². The summed E-state index contributed by atoms with van der Waals surface area (Å²) in [6.07, 6.45) is 1.06. The first-order chi connectivity index (χ1) is 8.14. The molecule has 0 radical (unpaired) electrons. The number of carbonyl (C=O) groups is 2. The van der Waals surface area contributed by atoms with E-state index in [1.165, 1.54) is 0 Å². The summed E-state index contributed by atoms with van der Waals surface area (Å²) in [6, 6.07) is -0.447. The topological polar surface area (TPSA) is 78.4 Å². The van der Waals surface area contributed by atoms with Gasteiger partial charge in [-0.05, 0) is 18.4 Å². The van der Waals surface area contributed by atoms with Gasteiger partial charge >= 0.3 is 5.97 Å². The van der Waals surface area contributed by atoms with Crippen LogP contribution in [-0.4, -0.2) is 35.6 Å². The fourth-order valence-corrected chi connectivity index (χ4v) is 1.52.